The molecule has 0 rings (SSSR count). The first-order valence-electron chi connectivity index (χ1n) is 7.39. The number of nitrogens with zero attached hydrogens (tertiary/aromatic N) is 1. The first kappa shape index (κ1) is 21.8. The van der Waals surface area contributed by atoms with Crippen molar-refractivity contribution in [3.63, 3.8) is 0 Å². The summed E-state index contributed by atoms with van der Waals surface area (Å²) < 4.78 is 0. The number of amides is 1. The minimum absolute atomic E-state index is 0. The molecule has 5 nitrogen and oxygen atoms in total. The van der Waals surface area contributed by atoms with E-state index in [1.165, 1.54) is 19.3 Å². The predicted octanol–water partition coefficient (Wildman–Crippen LogP) is 2.25. The fraction of sp³-hybridized carbons (Fsp3) is 0.857. The molecule has 1 amide bonds. The monoisotopic (exact) mass is 398 g/mol. The maximum absolute atomic E-state index is 11.3. The molecule has 0 aliphatic carbocycles. The molecule has 0 heterocycles. The summed E-state index contributed by atoms with van der Waals surface area (Å²) in [4.78, 5) is 15.5. The number of nitrogens with one attached hydrogen (secondary N) is 2. The third-order valence-corrected chi connectivity index (χ3v) is 2.78. The Balaban J connectivity index is 0. The highest BCUT2D eigenvalue weighted by Gasteiger charge is 2.04. The Morgan fingerprint density at radius 1 is 1.10 bits per heavy atom. The summed E-state index contributed by atoms with van der Waals surface area (Å²) >= 11 is 0. The standard InChI is InChI=1S/C14H30N4O.HI/c1-4-5-6-7-9-17-14(15)18-11-8-10-16-13(19)12(2)3;/h12H,4-11H2,1-3H3,(H,16,19)(H3,15,17,18);1H. The van der Waals surface area contributed by atoms with Gasteiger partial charge in [0.2, 0.25) is 5.91 Å². The Morgan fingerprint density at radius 2 is 1.75 bits per heavy atom. The summed E-state index contributed by atoms with van der Waals surface area (Å²) in [6, 6.07) is 0. The van der Waals surface area contributed by atoms with E-state index in [9.17, 15) is 4.79 Å². The van der Waals surface area contributed by atoms with Crippen LogP contribution in [0.4, 0.5) is 0 Å². The molecule has 0 aromatic carbocycles. The smallest absolute Gasteiger partial charge is 0.222 e. The topological polar surface area (TPSA) is 79.5 Å². The van der Waals surface area contributed by atoms with Crippen LogP contribution in [0, 0.1) is 5.92 Å². The van der Waals surface area contributed by atoms with Crippen molar-refractivity contribution in [2.24, 2.45) is 16.6 Å². The summed E-state index contributed by atoms with van der Waals surface area (Å²) in [5.41, 5.74) is 5.73. The second kappa shape index (κ2) is 14.9. The lowest BCUT2D eigenvalue weighted by Crippen LogP contribution is -2.33. The van der Waals surface area contributed by atoms with Crippen LogP contribution in [0.3, 0.4) is 0 Å². The molecule has 0 saturated carbocycles. The van der Waals surface area contributed by atoms with Gasteiger partial charge in [0.15, 0.2) is 5.96 Å². The molecule has 0 unspecified atom stereocenters. The van der Waals surface area contributed by atoms with Gasteiger partial charge >= 0.3 is 0 Å². The van der Waals surface area contributed by atoms with Crippen LogP contribution in [0.2, 0.25) is 0 Å². The van der Waals surface area contributed by atoms with Gasteiger partial charge in [-0.3, -0.25) is 9.79 Å². The number of guanidine groups is 1. The molecule has 120 valence electrons. The van der Waals surface area contributed by atoms with E-state index in [0.29, 0.717) is 19.0 Å². The van der Waals surface area contributed by atoms with Gasteiger partial charge in [-0.05, 0) is 12.8 Å². The number of aliphatic imine (C=N–C) groups is 1. The number of nitrogens with two attached hydrogens (primary N) is 1. The van der Waals surface area contributed by atoms with Gasteiger partial charge in [-0.15, -0.1) is 24.0 Å². The lowest BCUT2D eigenvalue weighted by Gasteiger charge is -2.07. The third-order valence-electron chi connectivity index (χ3n) is 2.78. The van der Waals surface area contributed by atoms with E-state index >= 15 is 0 Å². The van der Waals surface area contributed by atoms with Crippen LogP contribution in [0.5, 0.6) is 0 Å². The van der Waals surface area contributed by atoms with E-state index in [-0.39, 0.29) is 35.8 Å². The summed E-state index contributed by atoms with van der Waals surface area (Å²) in [5.74, 6) is 0.635. The first-order chi connectivity index (χ1) is 9.07. The van der Waals surface area contributed by atoms with Gasteiger partial charge in [0.1, 0.15) is 0 Å². The Labute approximate surface area is 140 Å². The van der Waals surface area contributed by atoms with Gasteiger partial charge in [0.25, 0.3) is 0 Å². The van der Waals surface area contributed by atoms with Crippen LogP contribution in [-0.4, -0.2) is 31.5 Å². The average molecular weight is 398 g/mol. The van der Waals surface area contributed by atoms with Gasteiger partial charge in [0, 0.05) is 25.6 Å². The number of hydrogen-bond donors (Lipinski definition) is 3. The maximum Gasteiger partial charge on any atom is 0.222 e. The Morgan fingerprint density at radius 3 is 2.35 bits per heavy atom. The number of carbonyl (C=O) groups excluding carboxylic acids is 1. The molecular formula is C14H31IN4O. The van der Waals surface area contributed by atoms with Crippen molar-refractivity contribution in [2.75, 3.05) is 19.6 Å². The highest BCUT2D eigenvalue weighted by molar-refractivity contribution is 14.0. The number of unbranched alkanes of at least 4 members (excludes halogenated alkanes) is 3. The molecule has 20 heavy (non-hydrogen) atoms. The van der Waals surface area contributed by atoms with Gasteiger partial charge in [-0.2, -0.15) is 0 Å². The summed E-state index contributed by atoms with van der Waals surface area (Å²) in [6.07, 6.45) is 5.70. The number of carbonyl (C=O) groups is 1. The Kier molecular flexibility index (Phi) is 16.2. The predicted molar refractivity (Wildman–Crippen MR) is 96.5 cm³/mol. The molecule has 4 N–H and O–H groups in total. The highest BCUT2D eigenvalue weighted by Crippen LogP contribution is 1.96. The van der Waals surface area contributed by atoms with Crippen molar-refractivity contribution in [3.8, 4) is 0 Å². The molecule has 0 saturated heterocycles. The Bertz CT molecular complexity index is 270. The summed E-state index contributed by atoms with van der Waals surface area (Å²) in [6.45, 7) is 8.15. The number of rotatable bonds is 10. The molecule has 0 bridgehead atoms. The van der Waals surface area contributed by atoms with Crippen LogP contribution in [-0.2, 0) is 4.79 Å². The van der Waals surface area contributed by atoms with E-state index in [0.717, 1.165) is 19.4 Å². The molecule has 0 fully saturated rings. The second-order valence-electron chi connectivity index (χ2n) is 5.05. The molecule has 0 radical (unpaired) electrons. The first-order valence-corrected chi connectivity index (χ1v) is 7.39. The molecule has 0 aliphatic rings. The second-order valence-corrected chi connectivity index (χ2v) is 5.05. The van der Waals surface area contributed by atoms with Crippen molar-refractivity contribution in [2.45, 2.75) is 52.9 Å². The molecule has 0 atom stereocenters. The molecule has 0 spiro atoms. The van der Waals surface area contributed by atoms with Gasteiger partial charge in [0.05, 0.1) is 0 Å². The van der Waals surface area contributed by atoms with Gasteiger partial charge in [-0.25, -0.2) is 0 Å². The van der Waals surface area contributed by atoms with E-state index in [1.54, 1.807) is 0 Å². The zero-order valence-electron chi connectivity index (χ0n) is 13.1. The summed E-state index contributed by atoms with van der Waals surface area (Å²) in [5, 5.41) is 5.95. The van der Waals surface area contributed by atoms with Crippen molar-refractivity contribution < 1.29 is 4.79 Å². The molecule has 6 heteroatoms. The van der Waals surface area contributed by atoms with E-state index < -0.39 is 0 Å². The van der Waals surface area contributed by atoms with Crippen molar-refractivity contribution in [1.29, 1.82) is 0 Å². The largest absolute Gasteiger partial charge is 0.370 e. The molecule has 0 aromatic rings. The molecule has 0 aromatic heterocycles. The van der Waals surface area contributed by atoms with Crippen LogP contribution in [0.25, 0.3) is 0 Å². The average Bonchev–Trinajstić information content (AvgIpc) is 2.37. The van der Waals surface area contributed by atoms with Crippen molar-refractivity contribution in [1.82, 2.24) is 10.6 Å². The molecule has 0 aliphatic heterocycles. The fourth-order valence-electron chi connectivity index (χ4n) is 1.52. The van der Waals surface area contributed by atoms with E-state index in [2.05, 4.69) is 22.5 Å². The van der Waals surface area contributed by atoms with E-state index in [4.69, 9.17) is 5.73 Å². The maximum atomic E-state index is 11.3. The SMILES string of the molecule is CCCCCCNC(N)=NCCCNC(=O)C(C)C.I. The zero-order chi connectivity index (χ0) is 14.5. The minimum atomic E-state index is 0. The lowest BCUT2D eigenvalue weighted by atomic mass is 10.2. The van der Waals surface area contributed by atoms with Gasteiger partial charge in [-0.1, -0.05) is 40.0 Å². The normalized spacial score (nSPS) is 11.1. The molecular weight excluding hydrogens is 367 g/mol. The lowest BCUT2D eigenvalue weighted by molar-refractivity contribution is -0.123. The number of hydrogen-bond acceptors (Lipinski definition) is 2. The summed E-state index contributed by atoms with van der Waals surface area (Å²) in [7, 11) is 0. The van der Waals surface area contributed by atoms with Gasteiger partial charge < -0.3 is 16.4 Å². The van der Waals surface area contributed by atoms with Crippen LogP contribution in [0.1, 0.15) is 52.9 Å². The zero-order valence-corrected chi connectivity index (χ0v) is 15.4. The highest BCUT2D eigenvalue weighted by atomic mass is 127. The minimum Gasteiger partial charge on any atom is -0.370 e. The number of halogens is 1. The van der Waals surface area contributed by atoms with Crippen LogP contribution >= 0.6 is 24.0 Å². The van der Waals surface area contributed by atoms with Crippen molar-refractivity contribution >= 4 is 35.8 Å². The van der Waals surface area contributed by atoms with Crippen LogP contribution < -0.4 is 16.4 Å². The third kappa shape index (κ3) is 13.9. The fourth-order valence-corrected chi connectivity index (χ4v) is 1.52. The van der Waals surface area contributed by atoms with Crippen LogP contribution in [0.15, 0.2) is 4.99 Å². The quantitative estimate of drug-likeness (QED) is 0.229. The van der Waals surface area contributed by atoms with Crippen molar-refractivity contribution in [3.05, 3.63) is 0 Å². The Hall–Kier alpha value is -0.530. The van der Waals surface area contributed by atoms with E-state index in [1.807, 2.05) is 13.8 Å².